The molecule has 0 spiro atoms. The molecule has 0 amide bonds. The molecule has 0 atom stereocenters. The van der Waals surface area contributed by atoms with Crippen LogP contribution >= 0.6 is 0 Å². The minimum atomic E-state index is -2.51. The number of rotatable bonds is 5. The van der Waals surface area contributed by atoms with Gasteiger partial charge in [-0.25, -0.2) is 8.78 Å². The van der Waals surface area contributed by atoms with E-state index in [1.807, 2.05) is 6.92 Å². The summed E-state index contributed by atoms with van der Waals surface area (Å²) in [6.45, 7) is 2.54. The fourth-order valence-corrected chi connectivity index (χ4v) is 2.25. The molecule has 1 aliphatic carbocycles. The third-order valence-corrected chi connectivity index (χ3v) is 3.13. The maximum absolute atomic E-state index is 13.0. The molecule has 0 bridgehead atoms. The fourth-order valence-electron chi connectivity index (χ4n) is 2.25. The summed E-state index contributed by atoms with van der Waals surface area (Å²) in [5.74, 6) is -2.51. The Morgan fingerprint density at radius 3 is 2.27 bits per heavy atom. The third-order valence-electron chi connectivity index (χ3n) is 3.13. The van der Waals surface area contributed by atoms with Gasteiger partial charge in [0.15, 0.2) is 0 Å². The number of hydrogen-bond donors (Lipinski definition) is 1. The smallest absolute Gasteiger partial charge is 0.248 e. The van der Waals surface area contributed by atoms with E-state index in [0.717, 1.165) is 0 Å². The second kappa shape index (κ2) is 5.21. The van der Waals surface area contributed by atoms with Crippen LogP contribution in [0.25, 0.3) is 0 Å². The second-order valence-electron chi connectivity index (χ2n) is 4.30. The van der Waals surface area contributed by atoms with E-state index in [1.54, 1.807) is 0 Å². The van der Waals surface area contributed by atoms with Gasteiger partial charge in [-0.1, -0.05) is 0 Å². The molecule has 0 saturated heterocycles. The number of alkyl halides is 2. The largest absolute Gasteiger partial charge is 0.396 e. The van der Waals surface area contributed by atoms with Crippen LogP contribution < -0.4 is 0 Å². The Balaban J connectivity index is 2.52. The molecule has 0 aromatic carbocycles. The van der Waals surface area contributed by atoms with Gasteiger partial charge >= 0.3 is 0 Å². The van der Waals surface area contributed by atoms with E-state index < -0.39 is 11.5 Å². The van der Waals surface area contributed by atoms with E-state index in [0.29, 0.717) is 32.3 Å². The van der Waals surface area contributed by atoms with Gasteiger partial charge in [0.25, 0.3) is 0 Å². The van der Waals surface area contributed by atoms with E-state index in [1.165, 1.54) is 0 Å². The van der Waals surface area contributed by atoms with Crippen molar-refractivity contribution in [3.8, 4) is 0 Å². The average Bonchev–Trinajstić information content (AvgIpc) is 2.20. The highest BCUT2D eigenvalue weighted by molar-refractivity contribution is 4.90. The molecule has 1 fully saturated rings. The first-order valence-corrected chi connectivity index (χ1v) is 5.66. The van der Waals surface area contributed by atoms with Crippen molar-refractivity contribution in [2.75, 3.05) is 13.2 Å². The number of ether oxygens (including phenoxy) is 1. The molecule has 2 nitrogen and oxygen atoms in total. The Morgan fingerprint density at radius 1 is 1.20 bits per heavy atom. The maximum atomic E-state index is 13.0. The quantitative estimate of drug-likeness (QED) is 0.775. The molecule has 1 rings (SSSR count). The first-order valence-electron chi connectivity index (χ1n) is 5.66. The van der Waals surface area contributed by atoms with Crippen molar-refractivity contribution >= 4 is 0 Å². The lowest BCUT2D eigenvalue weighted by Crippen LogP contribution is -2.41. The van der Waals surface area contributed by atoms with E-state index in [2.05, 4.69) is 0 Å². The highest BCUT2D eigenvalue weighted by Crippen LogP contribution is 2.42. The Hall–Kier alpha value is -0.220. The fraction of sp³-hybridized carbons (Fsp3) is 1.00. The number of aliphatic hydroxyl groups is 1. The average molecular weight is 222 g/mol. The number of hydrogen-bond acceptors (Lipinski definition) is 2. The number of aliphatic hydroxyl groups excluding tert-OH is 1. The van der Waals surface area contributed by atoms with Crippen LogP contribution in [-0.4, -0.2) is 29.8 Å². The van der Waals surface area contributed by atoms with Gasteiger partial charge < -0.3 is 9.84 Å². The van der Waals surface area contributed by atoms with Crippen LogP contribution in [0.1, 0.15) is 45.4 Å². The Morgan fingerprint density at radius 2 is 1.80 bits per heavy atom. The van der Waals surface area contributed by atoms with Crippen molar-refractivity contribution in [2.24, 2.45) is 0 Å². The van der Waals surface area contributed by atoms with E-state index in [9.17, 15) is 8.78 Å². The van der Waals surface area contributed by atoms with Crippen LogP contribution in [0.15, 0.2) is 0 Å². The van der Waals surface area contributed by atoms with Crippen molar-refractivity contribution in [2.45, 2.75) is 57.0 Å². The van der Waals surface area contributed by atoms with Crippen LogP contribution in [0.3, 0.4) is 0 Å². The molecule has 1 aliphatic rings. The molecular formula is C11H20F2O2. The van der Waals surface area contributed by atoms with Crippen molar-refractivity contribution in [1.29, 1.82) is 0 Å². The highest BCUT2D eigenvalue weighted by Gasteiger charge is 2.43. The molecule has 1 N–H and O–H groups in total. The topological polar surface area (TPSA) is 29.5 Å². The van der Waals surface area contributed by atoms with Gasteiger partial charge in [0.1, 0.15) is 0 Å². The lowest BCUT2D eigenvalue weighted by Gasteiger charge is -2.40. The predicted molar refractivity (Wildman–Crippen MR) is 54.1 cm³/mol. The molecule has 0 unspecified atom stereocenters. The molecule has 0 aromatic rings. The van der Waals surface area contributed by atoms with E-state index in [-0.39, 0.29) is 19.4 Å². The van der Waals surface area contributed by atoms with Crippen molar-refractivity contribution in [1.82, 2.24) is 0 Å². The summed E-state index contributed by atoms with van der Waals surface area (Å²) in [4.78, 5) is 0. The molecule has 0 radical (unpaired) electrons. The Kier molecular flexibility index (Phi) is 4.46. The molecule has 0 heterocycles. The summed E-state index contributed by atoms with van der Waals surface area (Å²) >= 11 is 0. The third kappa shape index (κ3) is 3.68. The summed E-state index contributed by atoms with van der Waals surface area (Å²) < 4.78 is 31.6. The highest BCUT2D eigenvalue weighted by atomic mass is 19.3. The zero-order valence-electron chi connectivity index (χ0n) is 9.27. The van der Waals surface area contributed by atoms with Crippen molar-refractivity contribution in [3.05, 3.63) is 0 Å². The predicted octanol–water partition coefficient (Wildman–Crippen LogP) is 2.74. The number of halogens is 2. The van der Waals surface area contributed by atoms with Gasteiger partial charge in [0.2, 0.25) is 5.92 Å². The van der Waals surface area contributed by atoms with Gasteiger partial charge in [-0.3, -0.25) is 0 Å². The summed E-state index contributed by atoms with van der Waals surface area (Å²) in [6, 6.07) is 0. The lowest BCUT2D eigenvalue weighted by molar-refractivity contribution is -0.134. The van der Waals surface area contributed by atoms with E-state index >= 15 is 0 Å². The Labute approximate surface area is 89.6 Å². The van der Waals surface area contributed by atoms with Gasteiger partial charge in [-0.15, -0.1) is 0 Å². The molecule has 4 heteroatoms. The van der Waals surface area contributed by atoms with Gasteiger partial charge in [-0.2, -0.15) is 0 Å². The first-order chi connectivity index (χ1) is 7.04. The van der Waals surface area contributed by atoms with Crippen LogP contribution in [0.2, 0.25) is 0 Å². The Bertz CT molecular complexity index is 185. The lowest BCUT2D eigenvalue weighted by atomic mass is 9.79. The van der Waals surface area contributed by atoms with Gasteiger partial charge in [-0.05, 0) is 32.6 Å². The zero-order chi connectivity index (χ0) is 11.4. The maximum Gasteiger partial charge on any atom is 0.248 e. The normalized spacial score (nSPS) is 24.0. The molecule has 0 aromatic heterocycles. The minimum Gasteiger partial charge on any atom is -0.396 e. The van der Waals surface area contributed by atoms with Crippen LogP contribution in [0.4, 0.5) is 8.78 Å². The van der Waals surface area contributed by atoms with Crippen molar-refractivity contribution < 1.29 is 18.6 Å². The van der Waals surface area contributed by atoms with E-state index in [4.69, 9.17) is 9.84 Å². The molecule has 1 saturated carbocycles. The summed E-state index contributed by atoms with van der Waals surface area (Å²) in [5.41, 5.74) is -0.404. The summed E-state index contributed by atoms with van der Waals surface area (Å²) in [7, 11) is 0. The summed E-state index contributed by atoms with van der Waals surface area (Å²) in [5, 5.41) is 8.78. The second-order valence-corrected chi connectivity index (χ2v) is 4.30. The molecule has 90 valence electrons. The van der Waals surface area contributed by atoms with Crippen LogP contribution in [0.5, 0.6) is 0 Å². The van der Waals surface area contributed by atoms with Gasteiger partial charge in [0.05, 0.1) is 5.60 Å². The monoisotopic (exact) mass is 222 g/mol. The minimum absolute atomic E-state index is 0.0849. The first kappa shape index (κ1) is 12.8. The standard InChI is InChI=1S/C11H20F2O2/c1-2-15-10(4-3-9-14)5-7-11(12,13)8-6-10/h14H,2-9H2,1H3. The van der Waals surface area contributed by atoms with Crippen LogP contribution in [0, 0.1) is 0 Å². The zero-order valence-corrected chi connectivity index (χ0v) is 9.27. The van der Waals surface area contributed by atoms with Crippen LogP contribution in [-0.2, 0) is 4.74 Å². The SMILES string of the molecule is CCOC1(CCCO)CCC(F)(F)CC1. The molecule has 15 heavy (non-hydrogen) atoms. The van der Waals surface area contributed by atoms with Crippen molar-refractivity contribution in [3.63, 3.8) is 0 Å². The summed E-state index contributed by atoms with van der Waals surface area (Å²) in [6.07, 6.45) is 1.97. The molecular weight excluding hydrogens is 202 g/mol. The van der Waals surface area contributed by atoms with Gasteiger partial charge in [0, 0.05) is 26.1 Å². The molecule has 0 aliphatic heterocycles.